The van der Waals surface area contributed by atoms with Crippen molar-refractivity contribution >= 4 is 6.09 Å². The molecule has 1 aromatic carbocycles. The van der Waals surface area contributed by atoms with Crippen molar-refractivity contribution < 1.29 is 9.53 Å². The summed E-state index contributed by atoms with van der Waals surface area (Å²) in [5.41, 5.74) is 3.39. The Hall–Kier alpha value is -1.55. The summed E-state index contributed by atoms with van der Waals surface area (Å²) in [6.45, 7) is 14.6. The van der Waals surface area contributed by atoms with Crippen LogP contribution in [0.1, 0.15) is 57.4 Å². The number of aryl methyl sites for hydroxylation is 2. The molecule has 0 aliphatic carbocycles. The van der Waals surface area contributed by atoms with Gasteiger partial charge in [-0.25, -0.2) is 4.79 Å². The van der Waals surface area contributed by atoms with Gasteiger partial charge in [0.1, 0.15) is 5.60 Å². The molecule has 0 bridgehead atoms. The number of carbonyl (C=O) groups is 1. The van der Waals surface area contributed by atoms with E-state index in [1.54, 1.807) is 0 Å². The Morgan fingerprint density at radius 1 is 1.18 bits per heavy atom. The first-order valence-corrected chi connectivity index (χ1v) is 7.88. The molecule has 0 saturated carbocycles. The second-order valence-corrected chi connectivity index (χ2v) is 7.02. The van der Waals surface area contributed by atoms with Crippen LogP contribution in [-0.4, -0.2) is 24.3 Å². The zero-order valence-electron chi connectivity index (χ0n) is 14.9. The molecule has 1 amide bonds. The Kier molecular flexibility index (Phi) is 6.42. The molecule has 0 radical (unpaired) electrons. The largest absolute Gasteiger partial charge is 0.444 e. The van der Waals surface area contributed by atoms with Crippen LogP contribution in [0.4, 0.5) is 4.79 Å². The molecule has 2 unspecified atom stereocenters. The van der Waals surface area contributed by atoms with Gasteiger partial charge >= 0.3 is 6.09 Å². The van der Waals surface area contributed by atoms with Crippen molar-refractivity contribution in [1.29, 1.82) is 0 Å². The molecule has 0 fully saturated rings. The third-order valence-electron chi connectivity index (χ3n) is 3.52. The molecule has 0 aliphatic heterocycles. The molecule has 0 aliphatic rings. The standard InChI is InChI=1S/C18H30N2O2/c1-12-8-9-16(10-13(12)2)15(4)19-11-14(3)20-17(21)22-18(5,6)7/h8-10,14-15,19H,11H2,1-7H3,(H,20,21). The summed E-state index contributed by atoms with van der Waals surface area (Å²) >= 11 is 0. The van der Waals surface area contributed by atoms with E-state index in [1.165, 1.54) is 16.7 Å². The molecule has 124 valence electrons. The zero-order chi connectivity index (χ0) is 16.9. The molecule has 0 aromatic heterocycles. The van der Waals surface area contributed by atoms with E-state index in [4.69, 9.17) is 4.74 Å². The molecule has 22 heavy (non-hydrogen) atoms. The van der Waals surface area contributed by atoms with Gasteiger partial charge in [0.25, 0.3) is 0 Å². The lowest BCUT2D eigenvalue weighted by Crippen LogP contribution is -2.43. The average molecular weight is 306 g/mol. The van der Waals surface area contributed by atoms with Gasteiger partial charge < -0.3 is 15.4 Å². The van der Waals surface area contributed by atoms with Crippen molar-refractivity contribution in [1.82, 2.24) is 10.6 Å². The van der Waals surface area contributed by atoms with Crippen LogP contribution in [0.3, 0.4) is 0 Å². The molecule has 1 rings (SSSR count). The monoisotopic (exact) mass is 306 g/mol. The smallest absolute Gasteiger partial charge is 0.407 e. The number of hydrogen-bond acceptors (Lipinski definition) is 3. The molecule has 1 aromatic rings. The first-order valence-electron chi connectivity index (χ1n) is 7.88. The fourth-order valence-corrected chi connectivity index (χ4v) is 2.07. The number of rotatable bonds is 5. The van der Waals surface area contributed by atoms with Crippen LogP contribution in [0, 0.1) is 13.8 Å². The molecule has 2 N–H and O–H groups in total. The molecule has 0 heterocycles. The summed E-state index contributed by atoms with van der Waals surface area (Å²) in [7, 11) is 0. The van der Waals surface area contributed by atoms with Gasteiger partial charge in [0.15, 0.2) is 0 Å². The quantitative estimate of drug-likeness (QED) is 0.868. The lowest BCUT2D eigenvalue weighted by atomic mass is 10.0. The maximum absolute atomic E-state index is 11.7. The summed E-state index contributed by atoms with van der Waals surface area (Å²) in [5.74, 6) is 0. The van der Waals surface area contributed by atoms with Crippen molar-refractivity contribution in [2.24, 2.45) is 0 Å². The fourth-order valence-electron chi connectivity index (χ4n) is 2.07. The molecular weight excluding hydrogens is 276 g/mol. The molecule has 4 heteroatoms. The predicted molar refractivity (Wildman–Crippen MR) is 91.2 cm³/mol. The first-order chi connectivity index (χ1) is 10.1. The van der Waals surface area contributed by atoms with Crippen LogP contribution in [0.25, 0.3) is 0 Å². The van der Waals surface area contributed by atoms with E-state index in [2.05, 4.69) is 49.6 Å². The SMILES string of the molecule is Cc1ccc(C(C)NCC(C)NC(=O)OC(C)(C)C)cc1C. The summed E-state index contributed by atoms with van der Waals surface area (Å²) in [6.07, 6.45) is -0.374. The Bertz CT molecular complexity index is 506. The van der Waals surface area contributed by atoms with Crippen molar-refractivity contribution in [2.45, 2.75) is 66.2 Å². The third kappa shape index (κ3) is 6.48. The Morgan fingerprint density at radius 2 is 1.82 bits per heavy atom. The van der Waals surface area contributed by atoms with E-state index in [0.29, 0.717) is 6.54 Å². The normalized spacial score (nSPS) is 14.3. The van der Waals surface area contributed by atoms with Gasteiger partial charge in [-0.05, 0) is 65.2 Å². The van der Waals surface area contributed by atoms with Crippen molar-refractivity contribution in [3.63, 3.8) is 0 Å². The predicted octanol–water partition coefficient (Wildman–Crippen LogP) is 3.87. The molecule has 2 atom stereocenters. The van der Waals surface area contributed by atoms with Crippen LogP contribution in [0.15, 0.2) is 18.2 Å². The second kappa shape index (κ2) is 7.63. The number of benzene rings is 1. The number of alkyl carbamates (subject to hydrolysis) is 1. The summed E-state index contributed by atoms with van der Waals surface area (Å²) < 4.78 is 5.25. The van der Waals surface area contributed by atoms with E-state index < -0.39 is 5.60 Å². The number of ether oxygens (including phenoxy) is 1. The molecule has 0 spiro atoms. The van der Waals surface area contributed by atoms with Crippen molar-refractivity contribution in [3.05, 3.63) is 34.9 Å². The van der Waals surface area contributed by atoms with Gasteiger partial charge in [0.05, 0.1) is 0 Å². The molecule has 0 saturated heterocycles. The fraction of sp³-hybridized carbons (Fsp3) is 0.611. The van der Waals surface area contributed by atoms with Crippen LogP contribution in [0.2, 0.25) is 0 Å². The number of nitrogens with one attached hydrogen (secondary N) is 2. The highest BCUT2D eigenvalue weighted by Gasteiger charge is 2.18. The first kappa shape index (κ1) is 18.5. The number of amides is 1. The van der Waals surface area contributed by atoms with Gasteiger partial charge in [0, 0.05) is 18.6 Å². The van der Waals surface area contributed by atoms with Gasteiger partial charge in [-0.15, -0.1) is 0 Å². The minimum Gasteiger partial charge on any atom is -0.444 e. The zero-order valence-corrected chi connectivity index (χ0v) is 14.9. The maximum atomic E-state index is 11.7. The number of hydrogen-bond donors (Lipinski definition) is 2. The van der Waals surface area contributed by atoms with Crippen LogP contribution < -0.4 is 10.6 Å². The second-order valence-electron chi connectivity index (χ2n) is 7.02. The van der Waals surface area contributed by atoms with E-state index in [1.807, 2.05) is 27.7 Å². The van der Waals surface area contributed by atoms with Gasteiger partial charge in [-0.3, -0.25) is 0 Å². The highest BCUT2D eigenvalue weighted by atomic mass is 16.6. The molecule has 4 nitrogen and oxygen atoms in total. The Labute approximate surface area is 134 Å². The average Bonchev–Trinajstić information content (AvgIpc) is 2.36. The van der Waals surface area contributed by atoms with Crippen LogP contribution in [-0.2, 0) is 4.74 Å². The highest BCUT2D eigenvalue weighted by molar-refractivity contribution is 5.68. The lowest BCUT2D eigenvalue weighted by molar-refractivity contribution is 0.0507. The van der Waals surface area contributed by atoms with Crippen LogP contribution in [0.5, 0.6) is 0 Å². The van der Waals surface area contributed by atoms with E-state index in [-0.39, 0.29) is 18.2 Å². The van der Waals surface area contributed by atoms with E-state index in [0.717, 1.165) is 0 Å². The topological polar surface area (TPSA) is 50.4 Å². The minimum absolute atomic E-state index is 0.00356. The Morgan fingerprint density at radius 3 is 2.36 bits per heavy atom. The van der Waals surface area contributed by atoms with Gasteiger partial charge in [-0.2, -0.15) is 0 Å². The summed E-state index contributed by atoms with van der Waals surface area (Å²) in [4.78, 5) is 11.7. The summed E-state index contributed by atoms with van der Waals surface area (Å²) in [5, 5.41) is 6.28. The maximum Gasteiger partial charge on any atom is 0.407 e. The minimum atomic E-state index is -0.468. The van der Waals surface area contributed by atoms with Gasteiger partial charge in [-0.1, -0.05) is 18.2 Å². The number of carbonyl (C=O) groups excluding carboxylic acids is 1. The Balaban J connectivity index is 2.44. The summed E-state index contributed by atoms with van der Waals surface area (Å²) in [6, 6.07) is 6.74. The highest BCUT2D eigenvalue weighted by Crippen LogP contribution is 2.16. The molecular formula is C18H30N2O2. The van der Waals surface area contributed by atoms with Crippen molar-refractivity contribution in [3.8, 4) is 0 Å². The van der Waals surface area contributed by atoms with E-state index >= 15 is 0 Å². The van der Waals surface area contributed by atoms with Crippen molar-refractivity contribution in [2.75, 3.05) is 6.54 Å². The van der Waals surface area contributed by atoms with E-state index in [9.17, 15) is 4.79 Å². The lowest BCUT2D eigenvalue weighted by Gasteiger charge is -2.23. The van der Waals surface area contributed by atoms with Gasteiger partial charge in [0.2, 0.25) is 0 Å². The van der Waals surface area contributed by atoms with Crippen LogP contribution >= 0.6 is 0 Å². The third-order valence-corrected chi connectivity index (χ3v) is 3.52.